The SMILES string of the molecule is CCN1CCNCC1c1cccc(OC)c1. The van der Waals surface area contributed by atoms with Crippen molar-refractivity contribution in [1.82, 2.24) is 10.2 Å². The first-order valence-electron chi connectivity index (χ1n) is 5.94. The molecule has 3 heteroatoms. The first-order chi connectivity index (χ1) is 7.85. The zero-order valence-electron chi connectivity index (χ0n) is 10.1. The van der Waals surface area contributed by atoms with E-state index in [2.05, 4.69) is 35.3 Å². The Morgan fingerprint density at radius 3 is 3.12 bits per heavy atom. The van der Waals surface area contributed by atoms with Gasteiger partial charge in [-0.25, -0.2) is 0 Å². The van der Waals surface area contributed by atoms with Crippen molar-refractivity contribution in [3.05, 3.63) is 29.8 Å². The third kappa shape index (κ3) is 2.36. The molecular formula is C13H20N2O. The van der Waals surface area contributed by atoms with Crippen molar-refractivity contribution in [3.8, 4) is 5.75 Å². The molecule has 0 amide bonds. The van der Waals surface area contributed by atoms with E-state index in [1.54, 1.807) is 7.11 Å². The highest BCUT2D eigenvalue weighted by atomic mass is 16.5. The van der Waals surface area contributed by atoms with Crippen molar-refractivity contribution in [2.45, 2.75) is 13.0 Å². The summed E-state index contributed by atoms with van der Waals surface area (Å²) in [6.07, 6.45) is 0. The molecule has 1 saturated heterocycles. The van der Waals surface area contributed by atoms with Gasteiger partial charge < -0.3 is 10.1 Å². The van der Waals surface area contributed by atoms with E-state index < -0.39 is 0 Å². The van der Waals surface area contributed by atoms with Gasteiger partial charge in [-0.05, 0) is 24.2 Å². The molecule has 2 rings (SSSR count). The smallest absolute Gasteiger partial charge is 0.119 e. The minimum absolute atomic E-state index is 0.480. The summed E-state index contributed by atoms with van der Waals surface area (Å²) in [5.41, 5.74) is 1.34. The molecule has 3 nitrogen and oxygen atoms in total. The third-order valence-electron chi connectivity index (χ3n) is 3.24. The Labute approximate surface area is 97.4 Å². The summed E-state index contributed by atoms with van der Waals surface area (Å²) in [6, 6.07) is 8.87. The van der Waals surface area contributed by atoms with Crippen molar-refractivity contribution >= 4 is 0 Å². The van der Waals surface area contributed by atoms with Crippen LogP contribution in [0.1, 0.15) is 18.5 Å². The summed E-state index contributed by atoms with van der Waals surface area (Å²) in [6.45, 7) is 6.57. The summed E-state index contributed by atoms with van der Waals surface area (Å²) in [5.74, 6) is 0.944. The molecule has 1 aliphatic rings. The average Bonchev–Trinajstić information content (AvgIpc) is 2.38. The van der Waals surface area contributed by atoms with Crippen LogP contribution in [0.15, 0.2) is 24.3 Å². The molecule has 1 fully saturated rings. The van der Waals surface area contributed by atoms with E-state index in [9.17, 15) is 0 Å². The van der Waals surface area contributed by atoms with Gasteiger partial charge in [0, 0.05) is 25.7 Å². The van der Waals surface area contributed by atoms with Crippen LogP contribution in [0.4, 0.5) is 0 Å². The van der Waals surface area contributed by atoms with Crippen LogP contribution in [0, 0.1) is 0 Å². The number of methoxy groups -OCH3 is 1. The fourth-order valence-electron chi connectivity index (χ4n) is 2.30. The monoisotopic (exact) mass is 220 g/mol. The Morgan fingerprint density at radius 1 is 1.50 bits per heavy atom. The second-order valence-electron chi connectivity index (χ2n) is 4.13. The molecule has 0 saturated carbocycles. The number of ether oxygens (including phenoxy) is 1. The first kappa shape index (κ1) is 11.4. The number of nitrogens with one attached hydrogen (secondary N) is 1. The molecule has 1 atom stereocenters. The van der Waals surface area contributed by atoms with Gasteiger partial charge in [0.15, 0.2) is 0 Å². The van der Waals surface area contributed by atoms with Gasteiger partial charge in [-0.2, -0.15) is 0 Å². The highest BCUT2D eigenvalue weighted by Gasteiger charge is 2.22. The number of benzene rings is 1. The molecule has 16 heavy (non-hydrogen) atoms. The van der Waals surface area contributed by atoms with E-state index in [1.807, 2.05) is 6.07 Å². The lowest BCUT2D eigenvalue weighted by Gasteiger charge is -2.35. The molecule has 1 aromatic carbocycles. The van der Waals surface area contributed by atoms with Gasteiger partial charge in [-0.15, -0.1) is 0 Å². The van der Waals surface area contributed by atoms with Crippen LogP contribution >= 0.6 is 0 Å². The van der Waals surface area contributed by atoms with Gasteiger partial charge in [0.25, 0.3) is 0 Å². The van der Waals surface area contributed by atoms with Crippen molar-refractivity contribution in [2.24, 2.45) is 0 Å². The normalized spacial score (nSPS) is 22.0. The maximum absolute atomic E-state index is 5.28. The molecule has 1 heterocycles. The number of nitrogens with zero attached hydrogens (tertiary/aromatic N) is 1. The minimum Gasteiger partial charge on any atom is -0.497 e. The largest absolute Gasteiger partial charge is 0.497 e. The predicted molar refractivity (Wildman–Crippen MR) is 65.9 cm³/mol. The van der Waals surface area contributed by atoms with Gasteiger partial charge in [0.1, 0.15) is 5.75 Å². The van der Waals surface area contributed by atoms with Crippen LogP contribution in [0.2, 0.25) is 0 Å². The highest BCUT2D eigenvalue weighted by Crippen LogP contribution is 2.24. The molecule has 1 aromatic rings. The number of piperazine rings is 1. The van der Waals surface area contributed by atoms with Crippen LogP contribution in [-0.4, -0.2) is 38.2 Å². The molecule has 0 radical (unpaired) electrons. The second-order valence-corrected chi connectivity index (χ2v) is 4.13. The second kappa shape index (κ2) is 5.32. The van der Waals surface area contributed by atoms with Gasteiger partial charge in [0.2, 0.25) is 0 Å². The lowest BCUT2D eigenvalue weighted by molar-refractivity contribution is 0.170. The van der Waals surface area contributed by atoms with E-state index in [1.165, 1.54) is 5.56 Å². The summed E-state index contributed by atoms with van der Waals surface area (Å²) < 4.78 is 5.28. The lowest BCUT2D eigenvalue weighted by atomic mass is 10.0. The fourth-order valence-corrected chi connectivity index (χ4v) is 2.30. The molecule has 0 aliphatic carbocycles. The summed E-state index contributed by atoms with van der Waals surface area (Å²) in [5, 5.41) is 3.45. The molecular weight excluding hydrogens is 200 g/mol. The average molecular weight is 220 g/mol. The standard InChI is InChI=1S/C13H20N2O/c1-3-15-8-7-14-10-13(15)11-5-4-6-12(9-11)16-2/h4-6,9,13-14H,3,7-8,10H2,1-2H3. The molecule has 0 spiro atoms. The maximum atomic E-state index is 5.28. The van der Waals surface area contributed by atoms with Crippen LogP contribution in [0.25, 0.3) is 0 Å². The van der Waals surface area contributed by atoms with E-state index >= 15 is 0 Å². The van der Waals surface area contributed by atoms with Crippen molar-refractivity contribution < 1.29 is 4.74 Å². The molecule has 0 bridgehead atoms. The topological polar surface area (TPSA) is 24.5 Å². The number of rotatable bonds is 3. The Bertz CT molecular complexity index is 340. The van der Waals surface area contributed by atoms with Crippen molar-refractivity contribution in [3.63, 3.8) is 0 Å². The molecule has 88 valence electrons. The molecule has 1 aliphatic heterocycles. The molecule has 0 aromatic heterocycles. The zero-order valence-corrected chi connectivity index (χ0v) is 10.1. The number of hydrogen-bond acceptors (Lipinski definition) is 3. The lowest BCUT2D eigenvalue weighted by Crippen LogP contribution is -2.45. The molecule has 1 unspecified atom stereocenters. The summed E-state index contributed by atoms with van der Waals surface area (Å²) >= 11 is 0. The highest BCUT2D eigenvalue weighted by molar-refractivity contribution is 5.31. The Morgan fingerprint density at radius 2 is 2.38 bits per heavy atom. The Kier molecular flexibility index (Phi) is 3.80. The molecule has 1 N–H and O–H groups in total. The predicted octanol–water partition coefficient (Wildman–Crippen LogP) is 1.66. The van der Waals surface area contributed by atoms with Gasteiger partial charge in [-0.3, -0.25) is 4.90 Å². The quantitative estimate of drug-likeness (QED) is 0.838. The van der Waals surface area contributed by atoms with E-state index in [4.69, 9.17) is 4.74 Å². The van der Waals surface area contributed by atoms with Crippen LogP contribution in [-0.2, 0) is 0 Å². The number of likely N-dealkylation sites (N-methyl/N-ethyl adjacent to an activating group) is 1. The Hall–Kier alpha value is -1.06. The Balaban J connectivity index is 2.20. The third-order valence-corrected chi connectivity index (χ3v) is 3.24. The zero-order chi connectivity index (χ0) is 11.4. The van der Waals surface area contributed by atoms with Gasteiger partial charge in [0.05, 0.1) is 7.11 Å². The van der Waals surface area contributed by atoms with E-state index in [-0.39, 0.29) is 0 Å². The summed E-state index contributed by atoms with van der Waals surface area (Å²) in [4.78, 5) is 2.51. The first-order valence-corrected chi connectivity index (χ1v) is 5.94. The van der Waals surface area contributed by atoms with E-state index in [0.29, 0.717) is 6.04 Å². The van der Waals surface area contributed by atoms with Crippen LogP contribution < -0.4 is 10.1 Å². The van der Waals surface area contributed by atoms with Gasteiger partial charge in [-0.1, -0.05) is 19.1 Å². The van der Waals surface area contributed by atoms with E-state index in [0.717, 1.165) is 31.9 Å². The van der Waals surface area contributed by atoms with Crippen LogP contribution in [0.5, 0.6) is 5.75 Å². The van der Waals surface area contributed by atoms with Crippen LogP contribution in [0.3, 0.4) is 0 Å². The summed E-state index contributed by atoms with van der Waals surface area (Å²) in [7, 11) is 1.72. The fraction of sp³-hybridized carbons (Fsp3) is 0.538. The van der Waals surface area contributed by atoms with Gasteiger partial charge >= 0.3 is 0 Å². The minimum atomic E-state index is 0.480. The maximum Gasteiger partial charge on any atom is 0.119 e. The number of hydrogen-bond donors (Lipinski definition) is 1. The van der Waals surface area contributed by atoms with Crippen molar-refractivity contribution in [2.75, 3.05) is 33.3 Å². The van der Waals surface area contributed by atoms with Crippen molar-refractivity contribution in [1.29, 1.82) is 0 Å².